The van der Waals surface area contributed by atoms with E-state index in [2.05, 4.69) is 18.9 Å². The van der Waals surface area contributed by atoms with Crippen molar-refractivity contribution in [3.63, 3.8) is 0 Å². The summed E-state index contributed by atoms with van der Waals surface area (Å²) in [6, 6.07) is 0. The molecule has 1 saturated carbocycles. The summed E-state index contributed by atoms with van der Waals surface area (Å²) in [4.78, 5) is 12.5. The summed E-state index contributed by atoms with van der Waals surface area (Å²) in [7, 11) is 1.87. The molecule has 17 heavy (non-hydrogen) atoms. The Kier molecular flexibility index (Phi) is 3.36. The molecule has 1 aromatic heterocycles. The first kappa shape index (κ1) is 12.3. The average Bonchev–Trinajstić information content (AvgIpc) is 2.55. The molecule has 1 fully saturated rings. The molecule has 94 valence electrons. The minimum atomic E-state index is 0.205. The third-order valence-corrected chi connectivity index (χ3v) is 3.83. The molecule has 0 aliphatic heterocycles. The number of Topliss-reactive ketones (excluding diaryl/α,β-unsaturated/α-hetero) is 1. The van der Waals surface area contributed by atoms with Crippen molar-refractivity contribution >= 4 is 5.78 Å². The number of aromatic nitrogens is 2. The molecule has 3 heteroatoms. The summed E-state index contributed by atoms with van der Waals surface area (Å²) in [6.45, 7) is 6.43. The van der Waals surface area contributed by atoms with Crippen molar-refractivity contribution in [2.24, 2.45) is 24.8 Å². The predicted octanol–water partition coefficient (Wildman–Crippen LogP) is 2.98. The summed E-state index contributed by atoms with van der Waals surface area (Å²) < 4.78 is 1.73. The topological polar surface area (TPSA) is 34.9 Å². The molecule has 0 bridgehead atoms. The molecular formula is C14H22N2O. The Bertz CT molecular complexity index is 412. The van der Waals surface area contributed by atoms with E-state index in [0.29, 0.717) is 17.6 Å². The largest absolute Gasteiger partial charge is 0.294 e. The zero-order chi connectivity index (χ0) is 12.6. The van der Waals surface area contributed by atoms with Crippen LogP contribution in [0.5, 0.6) is 0 Å². The Morgan fingerprint density at radius 1 is 1.29 bits per heavy atom. The van der Waals surface area contributed by atoms with Crippen LogP contribution in [-0.2, 0) is 7.05 Å². The molecule has 1 heterocycles. The fourth-order valence-corrected chi connectivity index (χ4v) is 3.22. The van der Waals surface area contributed by atoms with Gasteiger partial charge in [-0.15, -0.1) is 0 Å². The second-order valence-corrected chi connectivity index (χ2v) is 5.78. The SMILES string of the molecule is Cc1nn(C)cc1C(=O)C1CC(C)CC(C)C1. The molecule has 1 aromatic rings. The second-order valence-electron chi connectivity index (χ2n) is 5.78. The van der Waals surface area contributed by atoms with Crippen LogP contribution in [0, 0.1) is 24.7 Å². The highest BCUT2D eigenvalue weighted by Gasteiger charge is 2.30. The van der Waals surface area contributed by atoms with Crippen molar-refractivity contribution < 1.29 is 4.79 Å². The van der Waals surface area contributed by atoms with Gasteiger partial charge >= 0.3 is 0 Å². The van der Waals surface area contributed by atoms with Crippen LogP contribution in [0.4, 0.5) is 0 Å². The lowest BCUT2D eigenvalue weighted by Gasteiger charge is -2.30. The quantitative estimate of drug-likeness (QED) is 0.737. The van der Waals surface area contributed by atoms with E-state index >= 15 is 0 Å². The van der Waals surface area contributed by atoms with Crippen LogP contribution in [0.1, 0.15) is 49.2 Å². The summed E-state index contributed by atoms with van der Waals surface area (Å²) in [5.41, 5.74) is 1.68. The molecule has 2 rings (SSSR count). The van der Waals surface area contributed by atoms with Crippen LogP contribution in [-0.4, -0.2) is 15.6 Å². The monoisotopic (exact) mass is 234 g/mol. The van der Waals surface area contributed by atoms with E-state index in [4.69, 9.17) is 0 Å². The van der Waals surface area contributed by atoms with Gasteiger partial charge in [0, 0.05) is 19.2 Å². The number of rotatable bonds is 2. The normalized spacial score (nSPS) is 29.3. The smallest absolute Gasteiger partial charge is 0.169 e. The number of aryl methyl sites for hydroxylation is 2. The first-order valence-corrected chi connectivity index (χ1v) is 6.51. The molecule has 0 radical (unpaired) electrons. The minimum Gasteiger partial charge on any atom is -0.294 e. The van der Waals surface area contributed by atoms with Gasteiger partial charge in [-0.3, -0.25) is 9.48 Å². The van der Waals surface area contributed by atoms with Gasteiger partial charge in [0.25, 0.3) is 0 Å². The van der Waals surface area contributed by atoms with Crippen LogP contribution >= 0.6 is 0 Å². The lowest BCUT2D eigenvalue weighted by atomic mass is 9.74. The highest BCUT2D eigenvalue weighted by Crippen LogP contribution is 2.34. The highest BCUT2D eigenvalue weighted by atomic mass is 16.1. The first-order chi connectivity index (χ1) is 7.97. The Morgan fingerprint density at radius 3 is 2.35 bits per heavy atom. The van der Waals surface area contributed by atoms with E-state index in [1.165, 1.54) is 6.42 Å². The van der Waals surface area contributed by atoms with E-state index < -0.39 is 0 Å². The van der Waals surface area contributed by atoms with Crippen molar-refractivity contribution in [1.82, 2.24) is 9.78 Å². The number of nitrogens with zero attached hydrogens (tertiary/aromatic N) is 2. The van der Waals surface area contributed by atoms with Gasteiger partial charge in [0.05, 0.1) is 11.3 Å². The average molecular weight is 234 g/mol. The minimum absolute atomic E-state index is 0.205. The lowest BCUT2D eigenvalue weighted by molar-refractivity contribution is 0.0835. The van der Waals surface area contributed by atoms with Gasteiger partial charge in [-0.25, -0.2) is 0 Å². The Morgan fingerprint density at radius 2 is 1.88 bits per heavy atom. The molecular weight excluding hydrogens is 212 g/mol. The lowest BCUT2D eigenvalue weighted by Crippen LogP contribution is -2.26. The highest BCUT2D eigenvalue weighted by molar-refractivity contribution is 5.98. The van der Waals surface area contributed by atoms with Gasteiger partial charge < -0.3 is 0 Å². The van der Waals surface area contributed by atoms with Crippen LogP contribution < -0.4 is 0 Å². The third-order valence-electron chi connectivity index (χ3n) is 3.83. The molecule has 0 aromatic carbocycles. The number of ketones is 1. The van der Waals surface area contributed by atoms with Gasteiger partial charge in [-0.05, 0) is 38.0 Å². The second kappa shape index (κ2) is 4.63. The van der Waals surface area contributed by atoms with Crippen LogP contribution in [0.15, 0.2) is 6.20 Å². The molecule has 2 unspecified atom stereocenters. The Hall–Kier alpha value is -1.12. The molecule has 0 saturated heterocycles. The fourth-order valence-electron chi connectivity index (χ4n) is 3.22. The maximum atomic E-state index is 12.5. The zero-order valence-corrected chi connectivity index (χ0v) is 11.2. The van der Waals surface area contributed by atoms with Crippen molar-refractivity contribution in [3.05, 3.63) is 17.5 Å². The summed E-state index contributed by atoms with van der Waals surface area (Å²) in [5.74, 6) is 1.85. The molecule has 0 N–H and O–H groups in total. The van der Waals surface area contributed by atoms with Gasteiger partial charge in [0.15, 0.2) is 5.78 Å². The molecule has 2 atom stereocenters. The van der Waals surface area contributed by atoms with E-state index in [-0.39, 0.29) is 5.92 Å². The summed E-state index contributed by atoms with van der Waals surface area (Å²) in [6.07, 6.45) is 5.20. The molecule has 0 amide bonds. The van der Waals surface area contributed by atoms with Crippen molar-refractivity contribution in [2.75, 3.05) is 0 Å². The Balaban J connectivity index is 2.17. The summed E-state index contributed by atoms with van der Waals surface area (Å²) in [5, 5.41) is 4.26. The van der Waals surface area contributed by atoms with E-state index in [1.54, 1.807) is 4.68 Å². The van der Waals surface area contributed by atoms with Crippen LogP contribution in [0.25, 0.3) is 0 Å². The van der Waals surface area contributed by atoms with Gasteiger partial charge in [0.1, 0.15) is 0 Å². The van der Waals surface area contributed by atoms with Crippen molar-refractivity contribution in [2.45, 2.75) is 40.0 Å². The Labute approximate surface area is 103 Å². The van der Waals surface area contributed by atoms with E-state index in [0.717, 1.165) is 24.1 Å². The maximum absolute atomic E-state index is 12.5. The van der Waals surface area contributed by atoms with Crippen molar-refractivity contribution in [1.29, 1.82) is 0 Å². The predicted molar refractivity (Wildman–Crippen MR) is 67.9 cm³/mol. The maximum Gasteiger partial charge on any atom is 0.169 e. The zero-order valence-electron chi connectivity index (χ0n) is 11.2. The number of hydrogen-bond donors (Lipinski definition) is 0. The van der Waals surface area contributed by atoms with Gasteiger partial charge in [-0.2, -0.15) is 5.10 Å². The van der Waals surface area contributed by atoms with Crippen LogP contribution in [0.2, 0.25) is 0 Å². The van der Waals surface area contributed by atoms with E-state index in [1.807, 2.05) is 20.2 Å². The molecule has 3 nitrogen and oxygen atoms in total. The third kappa shape index (κ3) is 2.59. The first-order valence-electron chi connectivity index (χ1n) is 6.51. The molecule has 1 aliphatic carbocycles. The van der Waals surface area contributed by atoms with Crippen LogP contribution in [0.3, 0.4) is 0 Å². The molecule has 0 spiro atoms. The molecule has 1 aliphatic rings. The summed E-state index contributed by atoms with van der Waals surface area (Å²) >= 11 is 0. The van der Waals surface area contributed by atoms with E-state index in [9.17, 15) is 4.79 Å². The number of carbonyl (C=O) groups is 1. The fraction of sp³-hybridized carbons (Fsp3) is 0.714. The number of hydrogen-bond acceptors (Lipinski definition) is 2. The van der Waals surface area contributed by atoms with Gasteiger partial charge in [0.2, 0.25) is 0 Å². The van der Waals surface area contributed by atoms with Crippen molar-refractivity contribution in [3.8, 4) is 0 Å². The standard InChI is InChI=1S/C14H22N2O/c1-9-5-10(2)7-12(6-9)14(17)13-8-16(4)15-11(13)3/h8-10,12H,5-7H2,1-4H3. The van der Waals surface area contributed by atoms with Gasteiger partial charge in [-0.1, -0.05) is 13.8 Å². The number of carbonyl (C=O) groups excluding carboxylic acids is 1.